The number of carbonyl (C=O) groups is 1. The molecule has 0 rings (SSSR count). The minimum atomic E-state index is 0.0380. The molecule has 0 heterocycles. The van der Waals surface area contributed by atoms with E-state index in [2.05, 4.69) is 25.7 Å². The largest absolute Gasteiger partial charge is 0.462 e. The van der Waals surface area contributed by atoms with Crippen LogP contribution in [0.4, 0.5) is 0 Å². The van der Waals surface area contributed by atoms with Gasteiger partial charge in [-0.1, -0.05) is 136 Å². The molecule has 0 atom stereocenters. The molecule has 240 valence electrons. The summed E-state index contributed by atoms with van der Waals surface area (Å²) in [5.74, 6) is 0.0380. The van der Waals surface area contributed by atoms with Crippen molar-refractivity contribution in [1.29, 1.82) is 0 Å². The summed E-state index contributed by atoms with van der Waals surface area (Å²) in [6.45, 7) is 10.4. The third-order valence-corrected chi connectivity index (χ3v) is 8.37. The zero-order valence-corrected chi connectivity index (χ0v) is 27.7. The molecule has 0 saturated heterocycles. The van der Waals surface area contributed by atoms with Crippen LogP contribution < -0.4 is 0 Å². The Kier molecular flexibility index (Phi) is 32.4. The van der Waals surface area contributed by atoms with Gasteiger partial charge in [0.1, 0.15) is 6.10 Å². The Bertz CT molecular complexity index is 482. The average Bonchev–Trinajstić information content (AvgIpc) is 2.95. The van der Waals surface area contributed by atoms with Crippen molar-refractivity contribution in [2.45, 2.75) is 200 Å². The number of ether oxygens (including phenoxy) is 1. The monoisotopic (exact) mass is 568 g/mol. The van der Waals surface area contributed by atoms with Gasteiger partial charge in [0.15, 0.2) is 0 Å². The number of rotatable bonds is 33. The average molecular weight is 568 g/mol. The molecule has 0 aliphatic rings. The molecular formula is C36H73NO3. The molecule has 40 heavy (non-hydrogen) atoms. The first-order valence-corrected chi connectivity index (χ1v) is 18.2. The Balaban J connectivity index is 4.10. The number of unbranched alkanes of at least 4 members (excludes halogenated alkanes) is 19. The summed E-state index contributed by atoms with van der Waals surface area (Å²) in [7, 11) is 0. The van der Waals surface area contributed by atoms with Crippen LogP contribution in [0.25, 0.3) is 0 Å². The first-order valence-electron chi connectivity index (χ1n) is 18.2. The highest BCUT2D eigenvalue weighted by Crippen LogP contribution is 2.18. The Morgan fingerprint density at radius 2 is 0.900 bits per heavy atom. The summed E-state index contributed by atoms with van der Waals surface area (Å²) in [6, 6.07) is 0. The van der Waals surface area contributed by atoms with E-state index in [1.807, 2.05) is 0 Å². The molecule has 0 aliphatic heterocycles. The third kappa shape index (κ3) is 28.9. The van der Waals surface area contributed by atoms with Crippen LogP contribution in [-0.4, -0.2) is 48.3 Å². The number of carbonyl (C=O) groups excluding carboxylic acids is 1. The molecular weight excluding hydrogens is 494 g/mol. The molecule has 0 fully saturated rings. The van der Waals surface area contributed by atoms with Crippen LogP contribution in [0, 0.1) is 0 Å². The highest BCUT2D eigenvalue weighted by atomic mass is 16.5. The van der Waals surface area contributed by atoms with E-state index in [4.69, 9.17) is 4.74 Å². The Morgan fingerprint density at radius 1 is 0.525 bits per heavy atom. The lowest BCUT2D eigenvalue weighted by Crippen LogP contribution is -2.27. The van der Waals surface area contributed by atoms with E-state index in [1.54, 1.807) is 0 Å². The van der Waals surface area contributed by atoms with Crippen LogP contribution in [0.5, 0.6) is 0 Å². The summed E-state index contributed by atoms with van der Waals surface area (Å²) in [4.78, 5) is 15.2. The van der Waals surface area contributed by atoms with Crippen LogP contribution in [-0.2, 0) is 9.53 Å². The van der Waals surface area contributed by atoms with E-state index >= 15 is 0 Å². The maximum absolute atomic E-state index is 12.6. The SMILES string of the molecule is CCCCCCCCC(CCCCCCCC)OC(=O)CCCCCCCN(CCCO)CCCCCCCC. The molecule has 0 aromatic heterocycles. The second kappa shape index (κ2) is 32.9. The molecule has 0 aromatic rings. The molecule has 0 bridgehead atoms. The summed E-state index contributed by atoms with van der Waals surface area (Å²) >= 11 is 0. The number of aliphatic hydroxyl groups is 1. The summed E-state index contributed by atoms with van der Waals surface area (Å²) in [5.41, 5.74) is 0. The summed E-state index contributed by atoms with van der Waals surface area (Å²) in [6.07, 6.45) is 33.1. The number of aliphatic hydroxyl groups excluding tert-OH is 1. The number of hydrogen-bond acceptors (Lipinski definition) is 4. The fraction of sp³-hybridized carbons (Fsp3) is 0.972. The molecule has 0 unspecified atom stereocenters. The minimum Gasteiger partial charge on any atom is -0.462 e. The Morgan fingerprint density at radius 3 is 1.35 bits per heavy atom. The van der Waals surface area contributed by atoms with Crippen molar-refractivity contribution < 1.29 is 14.6 Å². The van der Waals surface area contributed by atoms with Gasteiger partial charge in [-0.25, -0.2) is 0 Å². The van der Waals surface area contributed by atoms with Crippen LogP contribution in [0.15, 0.2) is 0 Å². The van der Waals surface area contributed by atoms with Crippen molar-refractivity contribution in [3.05, 3.63) is 0 Å². The Labute approximate surface area is 251 Å². The van der Waals surface area contributed by atoms with Crippen molar-refractivity contribution in [3.63, 3.8) is 0 Å². The van der Waals surface area contributed by atoms with Gasteiger partial charge in [-0.05, 0) is 64.5 Å². The molecule has 4 heteroatoms. The van der Waals surface area contributed by atoms with E-state index in [0.717, 1.165) is 45.2 Å². The zero-order valence-electron chi connectivity index (χ0n) is 27.7. The van der Waals surface area contributed by atoms with E-state index < -0.39 is 0 Å². The van der Waals surface area contributed by atoms with E-state index in [-0.39, 0.29) is 12.1 Å². The smallest absolute Gasteiger partial charge is 0.306 e. The van der Waals surface area contributed by atoms with Gasteiger partial charge in [-0.2, -0.15) is 0 Å². The van der Waals surface area contributed by atoms with Crippen LogP contribution >= 0.6 is 0 Å². The predicted octanol–water partition coefficient (Wildman–Crippen LogP) is 10.8. The lowest BCUT2D eigenvalue weighted by atomic mass is 10.0. The van der Waals surface area contributed by atoms with Crippen LogP contribution in [0.3, 0.4) is 0 Å². The third-order valence-electron chi connectivity index (χ3n) is 8.37. The molecule has 0 radical (unpaired) electrons. The van der Waals surface area contributed by atoms with Crippen LogP contribution in [0.2, 0.25) is 0 Å². The predicted molar refractivity (Wildman–Crippen MR) is 175 cm³/mol. The summed E-state index contributed by atoms with van der Waals surface area (Å²) < 4.78 is 6.00. The van der Waals surface area contributed by atoms with Gasteiger partial charge in [0.05, 0.1) is 0 Å². The quantitative estimate of drug-likeness (QED) is 0.0633. The van der Waals surface area contributed by atoms with Crippen LogP contribution in [0.1, 0.15) is 194 Å². The first-order chi connectivity index (χ1) is 19.7. The second-order valence-electron chi connectivity index (χ2n) is 12.4. The molecule has 0 aliphatic carbocycles. The van der Waals surface area contributed by atoms with Crippen molar-refractivity contribution in [2.24, 2.45) is 0 Å². The van der Waals surface area contributed by atoms with Gasteiger partial charge in [-0.15, -0.1) is 0 Å². The standard InChI is InChI=1S/C36H73NO3/c1-4-7-10-13-17-22-28-35(29-23-18-14-11-8-5-2)40-36(39)30-24-19-16-21-26-32-37(33-27-34-38)31-25-20-15-12-9-6-3/h35,38H,4-34H2,1-3H3. The highest BCUT2D eigenvalue weighted by Gasteiger charge is 2.14. The molecule has 0 spiro atoms. The normalized spacial score (nSPS) is 11.7. The van der Waals surface area contributed by atoms with E-state index in [9.17, 15) is 9.90 Å². The highest BCUT2D eigenvalue weighted by molar-refractivity contribution is 5.69. The molecule has 0 aromatic carbocycles. The van der Waals surface area contributed by atoms with Gasteiger partial charge in [-0.3, -0.25) is 4.79 Å². The zero-order chi connectivity index (χ0) is 29.4. The van der Waals surface area contributed by atoms with Crippen molar-refractivity contribution in [1.82, 2.24) is 4.90 Å². The molecule has 1 N–H and O–H groups in total. The van der Waals surface area contributed by atoms with Crippen molar-refractivity contribution in [2.75, 3.05) is 26.2 Å². The number of hydrogen-bond donors (Lipinski definition) is 1. The van der Waals surface area contributed by atoms with Gasteiger partial charge in [0.2, 0.25) is 0 Å². The number of nitrogens with zero attached hydrogens (tertiary/aromatic N) is 1. The van der Waals surface area contributed by atoms with Crippen molar-refractivity contribution in [3.8, 4) is 0 Å². The minimum absolute atomic E-state index is 0.0380. The maximum atomic E-state index is 12.6. The van der Waals surface area contributed by atoms with Gasteiger partial charge in [0, 0.05) is 19.6 Å². The fourth-order valence-corrected chi connectivity index (χ4v) is 5.69. The Hall–Kier alpha value is -0.610. The van der Waals surface area contributed by atoms with Crippen molar-refractivity contribution >= 4 is 5.97 Å². The van der Waals surface area contributed by atoms with Gasteiger partial charge in [0.25, 0.3) is 0 Å². The van der Waals surface area contributed by atoms with E-state index in [0.29, 0.717) is 13.0 Å². The van der Waals surface area contributed by atoms with E-state index in [1.165, 1.54) is 141 Å². The molecule has 0 saturated carbocycles. The topological polar surface area (TPSA) is 49.8 Å². The maximum Gasteiger partial charge on any atom is 0.306 e. The lowest BCUT2D eigenvalue weighted by Gasteiger charge is -2.22. The lowest BCUT2D eigenvalue weighted by molar-refractivity contribution is -0.150. The molecule has 4 nitrogen and oxygen atoms in total. The van der Waals surface area contributed by atoms with Gasteiger partial charge < -0.3 is 14.7 Å². The fourth-order valence-electron chi connectivity index (χ4n) is 5.69. The summed E-state index contributed by atoms with van der Waals surface area (Å²) in [5, 5.41) is 9.25. The van der Waals surface area contributed by atoms with Gasteiger partial charge >= 0.3 is 5.97 Å². The molecule has 0 amide bonds. The first kappa shape index (κ1) is 39.4. The second-order valence-corrected chi connectivity index (χ2v) is 12.4. The number of esters is 1.